The smallest absolute Gasteiger partial charge is 0.363 e. The van der Waals surface area contributed by atoms with Gasteiger partial charge < -0.3 is 14.7 Å². The number of hydrogen-bond donors (Lipinski definition) is 0. The second-order valence-electron chi connectivity index (χ2n) is 7.72. The SMILES string of the molecule is CC(C)N1Cc2c(cc(N3C4CC3CN(C)C4)cc2C(F)(F)F)C1=O. The maximum absolute atomic E-state index is 13.7. The third-order valence-corrected chi connectivity index (χ3v) is 5.66. The van der Waals surface area contributed by atoms with Gasteiger partial charge in [-0.3, -0.25) is 4.79 Å². The first-order chi connectivity index (χ1) is 11.7. The van der Waals surface area contributed by atoms with Gasteiger partial charge in [-0.1, -0.05) is 0 Å². The number of alkyl halides is 3. The summed E-state index contributed by atoms with van der Waals surface area (Å²) in [7, 11) is 2.03. The number of hydrogen-bond acceptors (Lipinski definition) is 3. The molecule has 4 nitrogen and oxygen atoms in total. The van der Waals surface area contributed by atoms with E-state index in [-0.39, 0.29) is 41.7 Å². The summed E-state index contributed by atoms with van der Waals surface area (Å²) in [6, 6.07) is 3.28. The van der Waals surface area contributed by atoms with Gasteiger partial charge in [-0.25, -0.2) is 0 Å². The first-order valence-electron chi connectivity index (χ1n) is 8.68. The second kappa shape index (κ2) is 5.37. The highest BCUT2D eigenvalue weighted by molar-refractivity contribution is 6.00. The topological polar surface area (TPSA) is 26.8 Å². The zero-order chi connectivity index (χ0) is 18.1. The predicted octanol–water partition coefficient (Wildman–Crippen LogP) is 2.96. The van der Waals surface area contributed by atoms with Crippen LogP contribution in [0.4, 0.5) is 18.9 Å². The number of amides is 1. The third-order valence-electron chi connectivity index (χ3n) is 5.66. The standard InChI is InChI=1S/C18H22F3N3O/c1-10(2)23-9-15-14(17(23)25)5-11(6-16(15)18(19,20)21)24-12-4-13(24)8-22(3)7-12/h5-6,10,12-13H,4,7-9H2,1-3H3. The molecule has 2 fully saturated rings. The van der Waals surface area contributed by atoms with Crippen LogP contribution in [0.2, 0.25) is 0 Å². The monoisotopic (exact) mass is 353 g/mol. The van der Waals surface area contributed by atoms with Crippen molar-refractivity contribution in [2.24, 2.45) is 0 Å². The molecule has 136 valence electrons. The fourth-order valence-electron chi connectivity index (χ4n) is 4.48. The van der Waals surface area contributed by atoms with Gasteiger partial charge in [0.15, 0.2) is 0 Å². The van der Waals surface area contributed by atoms with Crippen LogP contribution in [0, 0.1) is 0 Å². The van der Waals surface area contributed by atoms with Gasteiger partial charge >= 0.3 is 6.18 Å². The molecule has 0 aromatic heterocycles. The van der Waals surface area contributed by atoms with Crippen molar-refractivity contribution in [3.05, 3.63) is 28.8 Å². The van der Waals surface area contributed by atoms with Crippen LogP contribution in [-0.2, 0) is 12.7 Å². The molecule has 0 aliphatic carbocycles. The minimum atomic E-state index is -4.45. The lowest BCUT2D eigenvalue weighted by Gasteiger charge is -2.57. The van der Waals surface area contributed by atoms with E-state index in [4.69, 9.17) is 0 Å². The molecule has 1 aromatic rings. The molecule has 2 bridgehead atoms. The van der Waals surface area contributed by atoms with Crippen molar-refractivity contribution in [1.82, 2.24) is 9.80 Å². The average Bonchev–Trinajstić information content (AvgIpc) is 2.82. The quantitative estimate of drug-likeness (QED) is 0.818. The Labute approximate surface area is 145 Å². The molecule has 0 spiro atoms. The number of carbonyl (C=O) groups is 1. The average molecular weight is 353 g/mol. The van der Waals surface area contributed by atoms with Crippen LogP contribution in [0.1, 0.15) is 41.8 Å². The number of halogens is 3. The highest BCUT2D eigenvalue weighted by Crippen LogP contribution is 2.44. The molecule has 7 heteroatoms. The Bertz CT molecular complexity index is 719. The summed E-state index contributed by atoms with van der Waals surface area (Å²) in [6.07, 6.45) is -3.45. The Morgan fingerprint density at radius 3 is 2.36 bits per heavy atom. The number of anilines is 1. The summed E-state index contributed by atoms with van der Waals surface area (Å²) in [5.41, 5.74) is 0.226. The lowest BCUT2D eigenvalue weighted by Crippen LogP contribution is -2.68. The number of likely N-dealkylation sites (N-methyl/N-ethyl adjacent to an activating group) is 1. The van der Waals surface area contributed by atoms with E-state index in [9.17, 15) is 18.0 Å². The number of nitrogens with zero attached hydrogens (tertiary/aromatic N) is 3. The normalized spacial score (nSPS) is 26.3. The van der Waals surface area contributed by atoms with Crippen LogP contribution in [0.15, 0.2) is 12.1 Å². The fourth-order valence-corrected chi connectivity index (χ4v) is 4.48. The van der Waals surface area contributed by atoms with E-state index in [0.717, 1.165) is 19.5 Å². The molecule has 2 atom stereocenters. The maximum Gasteiger partial charge on any atom is 0.416 e. The first-order valence-corrected chi connectivity index (χ1v) is 8.68. The van der Waals surface area contributed by atoms with Crippen LogP contribution in [0.25, 0.3) is 0 Å². The lowest BCUT2D eigenvalue weighted by atomic mass is 9.86. The molecule has 2 saturated heterocycles. The van der Waals surface area contributed by atoms with Crippen LogP contribution >= 0.6 is 0 Å². The first kappa shape index (κ1) is 16.7. The number of piperazine rings is 1. The molecule has 1 amide bonds. The number of rotatable bonds is 2. The highest BCUT2D eigenvalue weighted by Gasteiger charge is 2.46. The molecule has 3 heterocycles. The Kier molecular flexibility index (Phi) is 3.58. The van der Waals surface area contributed by atoms with Crippen LogP contribution < -0.4 is 4.90 Å². The lowest BCUT2D eigenvalue weighted by molar-refractivity contribution is -0.138. The summed E-state index contributed by atoms with van der Waals surface area (Å²) in [5.74, 6) is -0.292. The predicted molar refractivity (Wildman–Crippen MR) is 88.6 cm³/mol. The van der Waals surface area contributed by atoms with E-state index in [1.165, 1.54) is 11.0 Å². The Hall–Kier alpha value is -1.76. The van der Waals surface area contributed by atoms with Crippen molar-refractivity contribution in [1.29, 1.82) is 0 Å². The Morgan fingerprint density at radius 1 is 1.16 bits per heavy atom. The molecule has 25 heavy (non-hydrogen) atoms. The number of likely N-dealkylation sites (tertiary alicyclic amines) is 1. The van der Waals surface area contributed by atoms with E-state index in [2.05, 4.69) is 9.80 Å². The highest BCUT2D eigenvalue weighted by atomic mass is 19.4. The number of fused-ring (bicyclic) bond motifs is 3. The molecule has 1 aromatic carbocycles. The molecule has 2 unspecified atom stereocenters. The zero-order valence-corrected chi connectivity index (χ0v) is 14.6. The van der Waals surface area contributed by atoms with Crippen molar-refractivity contribution in [3.63, 3.8) is 0 Å². The van der Waals surface area contributed by atoms with E-state index < -0.39 is 11.7 Å². The van der Waals surface area contributed by atoms with Crippen molar-refractivity contribution in [3.8, 4) is 0 Å². The molecule has 3 aliphatic rings. The maximum atomic E-state index is 13.7. The van der Waals surface area contributed by atoms with Gasteiger partial charge in [0.1, 0.15) is 0 Å². The molecule has 0 radical (unpaired) electrons. The van der Waals surface area contributed by atoms with Crippen LogP contribution in [0.3, 0.4) is 0 Å². The summed E-state index contributed by atoms with van der Waals surface area (Å²) in [6.45, 7) is 5.39. The van der Waals surface area contributed by atoms with Crippen molar-refractivity contribution in [2.75, 3.05) is 25.0 Å². The van der Waals surface area contributed by atoms with Gasteiger partial charge in [0.25, 0.3) is 5.91 Å². The summed E-state index contributed by atoms with van der Waals surface area (Å²) in [5, 5.41) is 0. The van der Waals surface area contributed by atoms with E-state index >= 15 is 0 Å². The van der Waals surface area contributed by atoms with Gasteiger partial charge in [0.05, 0.1) is 5.56 Å². The van der Waals surface area contributed by atoms with Gasteiger partial charge in [-0.05, 0) is 45.0 Å². The van der Waals surface area contributed by atoms with Crippen molar-refractivity contribution < 1.29 is 18.0 Å². The summed E-state index contributed by atoms with van der Waals surface area (Å²) < 4.78 is 41.0. The fraction of sp³-hybridized carbons (Fsp3) is 0.611. The minimum Gasteiger partial charge on any atom is -0.363 e. The van der Waals surface area contributed by atoms with Gasteiger partial charge in [-0.15, -0.1) is 0 Å². The summed E-state index contributed by atoms with van der Waals surface area (Å²) >= 11 is 0. The van der Waals surface area contributed by atoms with Crippen molar-refractivity contribution in [2.45, 2.75) is 51.1 Å². The molecular weight excluding hydrogens is 331 g/mol. The zero-order valence-electron chi connectivity index (χ0n) is 14.6. The number of carbonyl (C=O) groups excluding carboxylic acids is 1. The van der Waals surface area contributed by atoms with E-state index in [0.29, 0.717) is 5.69 Å². The molecule has 4 rings (SSSR count). The van der Waals surface area contributed by atoms with Gasteiger partial charge in [0.2, 0.25) is 0 Å². The Morgan fingerprint density at radius 2 is 1.80 bits per heavy atom. The third kappa shape index (κ3) is 2.51. The number of piperidine rings is 1. The van der Waals surface area contributed by atoms with Gasteiger partial charge in [-0.2, -0.15) is 13.2 Å². The minimum absolute atomic E-state index is 0.0382. The second-order valence-corrected chi connectivity index (χ2v) is 7.72. The number of benzene rings is 1. The van der Waals surface area contributed by atoms with E-state index in [1.54, 1.807) is 6.07 Å². The molecule has 3 aliphatic heterocycles. The summed E-state index contributed by atoms with van der Waals surface area (Å²) in [4.78, 5) is 18.4. The van der Waals surface area contributed by atoms with E-state index in [1.807, 2.05) is 20.9 Å². The molecule has 0 saturated carbocycles. The largest absolute Gasteiger partial charge is 0.416 e. The Balaban J connectivity index is 1.78. The molecule has 0 N–H and O–H groups in total. The van der Waals surface area contributed by atoms with Gasteiger partial charge in [0, 0.05) is 49.0 Å². The van der Waals surface area contributed by atoms with Crippen molar-refractivity contribution >= 4 is 11.6 Å². The van der Waals surface area contributed by atoms with Crippen LogP contribution in [-0.4, -0.2) is 54.0 Å². The molecular formula is C18H22F3N3O. The van der Waals surface area contributed by atoms with Crippen LogP contribution in [0.5, 0.6) is 0 Å².